The number of benzene rings is 1. The molecule has 138 valence electrons. The second kappa shape index (κ2) is 9.63. The van der Waals surface area contributed by atoms with Crippen molar-refractivity contribution in [2.45, 2.75) is 44.7 Å². The van der Waals surface area contributed by atoms with Gasteiger partial charge in [0.25, 0.3) is 0 Å². The molecule has 0 saturated heterocycles. The Bertz CT molecular complexity index is 588. The number of rotatable bonds is 7. The van der Waals surface area contributed by atoms with E-state index >= 15 is 0 Å². The van der Waals surface area contributed by atoms with Gasteiger partial charge < -0.3 is 20.4 Å². The molecule has 1 aliphatic carbocycles. The van der Waals surface area contributed by atoms with Crippen LogP contribution in [0.4, 0.5) is 4.79 Å². The maximum atomic E-state index is 12.6. The van der Waals surface area contributed by atoms with Crippen molar-refractivity contribution in [3.8, 4) is 0 Å². The first-order valence-corrected chi connectivity index (χ1v) is 9.01. The van der Waals surface area contributed by atoms with Crippen LogP contribution in [0.5, 0.6) is 0 Å². The van der Waals surface area contributed by atoms with Gasteiger partial charge >= 0.3 is 12.0 Å². The maximum absolute atomic E-state index is 12.6. The maximum Gasteiger partial charge on any atom is 0.317 e. The lowest BCUT2D eigenvalue weighted by Gasteiger charge is -2.30. The molecule has 3 N–H and O–H groups in total. The Morgan fingerprint density at radius 3 is 2.56 bits per heavy atom. The quantitative estimate of drug-likeness (QED) is 0.690. The van der Waals surface area contributed by atoms with Crippen LogP contribution in [0.1, 0.15) is 37.7 Å². The number of carbonyl (C=O) groups is 2. The first kappa shape index (κ1) is 19.5. The molecule has 0 heterocycles. The highest BCUT2D eigenvalue weighted by molar-refractivity contribution is 6.30. The van der Waals surface area contributed by atoms with Gasteiger partial charge in [-0.1, -0.05) is 23.7 Å². The van der Waals surface area contributed by atoms with Crippen molar-refractivity contribution in [3.63, 3.8) is 0 Å². The summed E-state index contributed by atoms with van der Waals surface area (Å²) >= 11 is 6.00. The minimum atomic E-state index is -0.754. The van der Waals surface area contributed by atoms with Crippen LogP contribution in [0, 0.1) is 5.92 Å². The summed E-state index contributed by atoms with van der Waals surface area (Å²) in [6.45, 7) is 0.874. The van der Waals surface area contributed by atoms with Gasteiger partial charge in [0.2, 0.25) is 0 Å². The van der Waals surface area contributed by atoms with Gasteiger partial charge in [0.1, 0.15) is 0 Å². The number of aliphatic hydroxyl groups excluding tert-OH is 1. The van der Waals surface area contributed by atoms with E-state index in [1.807, 2.05) is 18.2 Å². The predicted molar refractivity (Wildman–Crippen MR) is 95.5 cm³/mol. The fraction of sp³-hybridized carbons (Fsp3) is 0.556. The molecule has 2 amide bonds. The van der Waals surface area contributed by atoms with E-state index in [-0.39, 0.29) is 24.6 Å². The van der Waals surface area contributed by atoms with Gasteiger partial charge in [-0.25, -0.2) is 4.79 Å². The molecular formula is C18H25ClN2O4. The van der Waals surface area contributed by atoms with E-state index in [9.17, 15) is 9.59 Å². The fourth-order valence-electron chi connectivity index (χ4n) is 3.12. The van der Waals surface area contributed by atoms with Crippen molar-refractivity contribution < 1.29 is 19.8 Å². The van der Waals surface area contributed by atoms with E-state index in [0.717, 1.165) is 5.56 Å². The predicted octanol–water partition coefficient (Wildman–Crippen LogP) is 2.88. The number of urea groups is 1. The number of hydrogen-bond donors (Lipinski definition) is 3. The second-order valence-corrected chi connectivity index (χ2v) is 6.90. The van der Waals surface area contributed by atoms with Gasteiger partial charge in [-0.05, 0) is 49.8 Å². The second-order valence-electron chi connectivity index (χ2n) is 6.46. The van der Waals surface area contributed by atoms with Crippen molar-refractivity contribution in [3.05, 3.63) is 34.9 Å². The van der Waals surface area contributed by atoms with E-state index in [1.165, 1.54) is 0 Å². The number of aliphatic carboxylic acids is 1. The molecule has 0 bridgehead atoms. The van der Waals surface area contributed by atoms with Gasteiger partial charge in [0, 0.05) is 30.8 Å². The van der Waals surface area contributed by atoms with Crippen molar-refractivity contribution in [2.24, 2.45) is 5.92 Å². The Morgan fingerprint density at radius 1 is 1.24 bits per heavy atom. The number of nitrogens with zero attached hydrogens (tertiary/aromatic N) is 1. The molecule has 1 aromatic rings. The summed E-state index contributed by atoms with van der Waals surface area (Å²) in [7, 11) is 0. The smallest absolute Gasteiger partial charge is 0.317 e. The van der Waals surface area contributed by atoms with Crippen LogP contribution in [0.2, 0.25) is 5.02 Å². The lowest BCUT2D eigenvalue weighted by atomic mass is 9.86. The highest BCUT2D eigenvalue weighted by Crippen LogP contribution is 2.24. The minimum absolute atomic E-state index is 0.000845. The largest absolute Gasteiger partial charge is 0.481 e. The third-order valence-electron chi connectivity index (χ3n) is 4.54. The van der Waals surface area contributed by atoms with Crippen LogP contribution in [-0.2, 0) is 11.3 Å². The van der Waals surface area contributed by atoms with Crippen molar-refractivity contribution in [2.75, 3.05) is 13.2 Å². The number of carboxylic acids is 1. The van der Waals surface area contributed by atoms with Crippen LogP contribution < -0.4 is 5.32 Å². The number of halogens is 1. The summed E-state index contributed by atoms with van der Waals surface area (Å²) in [6, 6.07) is 7.16. The van der Waals surface area contributed by atoms with E-state index < -0.39 is 5.97 Å². The number of aliphatic hydroxyl groups is 1. The van der Waals surface area contributed by atoms with Crippen LogP contribution >= 0.6 is 11.6 Å². The van der Waals surface area contributed by atoms with Gasteiger partial charge in [0.05, 0.1) is 5.92 Å². The third kappa shape index (κ3) is 6.21. The molecule has 7 heteroatoms. The Balaban J connectivity index is 1.92. The Labute approximate surface area is 152 Å². The highest BCUT2D eigenvalue weighted by atomic mass is 35.5. The zero-order valence-corrected chi connectivity index (χ0v) is 14.9. The zero-order chi connectivity index (χ0) is 18.2. The van der Waals surface area contributed by atoms with Crippen molar-refractivity contribution >= 4 is 23.6 Å². The lowest BCUT2D eigenvalue weighted by molar-refractivity contribution is -0.142. The summed E-state index contributed by atoms with van der Waals surface area (Å²) < 4.78 is 0. The van der Waals surface area contributed by atoms with Crippen LogP contribution in [-0.4, -0.2) is 46.3 Å². The number of amides is 2. The number of hydrogen-bond acceptors (Lipinski definition) is 3. The van der Waals surface area contributed by atoms with E-state index in [0.29, 0.717) is 50.2 Å². The average Bonchev–Trinajstić information content (AvgIpc) is 2.59. The van der Waals surface area contributed by atoms with E-state index in [4.69, 9.17) is 21.8 Å². The molecule has 1 fully saturated rings. The minimum Gasteiger partial charge on any atom is -0.481 e. The summed E-state index contributed by atoms with van der Waals surface area (Å²) in [5, 5.41) is 21.7. The number of carbonyl (C=O) groups excluding carboxylic acids is 1. The molecule has 25 heavy (non-hydrogen) atoms. The van der Waals surface area contributed by atoms with E-state index in [1.54, 1.807) is 11.0 Å². The first-order valence-electron chi connectivity index (χ1n) is 8.63. The number of nitrogens with one attached hydrogen (secondary N) is 1. The molecule has 0 unspecified atom stereocenters. The molecule has 0 aliphatic heterocycles. The van der Waals surface area contributed by atoms with Gasteiger partial charge in [-0.2, -0.15) is 0 Å². The normalized spacial score (nSPS) is 20.1. The topological polar surface area (TPSA) is 89.9 Å². The van der Waals surface area contributed by atoms with Gasteiger partial charge in [-0.15, -0.1) is 0 Å². The zero-order valence-electron chi connectivity index (χ0n) is 14.2. The Hall–Kier alpha value is -1.79. The molecular weight excluding hydrogens is 344 g/mol. The Morgan fingerprint density at radius 2 is 1.96 bits per heavy atom. The van der Waals surface area contributed by atoms with Crippen LogP contribution in [0.15, 0.2) is 24.3 Å². The van der Waals surface area contributed by atoms with Crippen molar-refractivity contribution in [1.82, 2.24) is 10.2 Å². The fourth-order valence-corrected chi connectivity index (χ4v) is 3.33. The summed E-state index contributed by atoms with van der Waals surface area (Å²) in [5.41, 5.74) is 0.926. The molecule has 6 nitrogen and oxygen atoms in total. The molecule has 1 saturated carbocycles. The van der Waals surface area contributed by atoms with Gasteiger partial charge in [-0.3, -0.25) is 4.79 Å². The monoisotopic (exact) mass is 368 g/mol. The first-order chi connectivity index (χ1) is 12.0. The van der Waals surface area contributed by atoms with E-state index in [2.05, 4.69) is 5.32 Å². The Kier molecular flexibility index (Phi) is 7.52. The number of carboxylic acid groups (broad SMARTS) is 1. The van der Waals surface area contributed by atoms with Gasteiger partial charge in [0.15, 0.2) is 0 Å². The van der Waals surface area contributed by atoms with Crippen molar-refractivity contribution in [1.29, 1.82) is 0 Å². The molecule has 0 radical (unpaired) electrons. The molecule has 1 aromatic carbocycles. The molecule has 0 aromatic heterocycles. The highest BCUT2D eigenvalue weighted by Gasteiger charge is 2.27. The summed E-state index contributed by atoms with van der Waals surface area (Å²) in [4.78, 5) is 25.3. The SMILES string of the molecule is O=C(O)C1CCC(NC(=O)N(CCCO)Cc2cccc(Cl)c2)CC1. The van der Waals surface area contributed by atoms with Crippen LogP contribution in [0.25, 0.3) is 0 Å². The molecule has 1 aliphatic rings. The average molecular weight is 369 g/mol. The molecule has 0 atom stereocenters. The molecule has 2 rings (SSSR count). The summed E-state index contributed by atoms with van der Waals surface area (Å²) in [5.74, 6) is -1.06. The standard InChI is InChI=1S/C18H25ClN2O4/c19-15-4-1-3-13(11-15)12-21(9-2-10-22)18(25)20-16-7-5-14(6-8-16)17(23)24/h1,3-4,11,14,16,22H,2,5-10,12H2,(H,20,25)(H,23,24). The summed E-state index contributed by atoms with van der Waals surface area (Å²) in [6.07, 6.45) is 3.03. The third-order valence-corrected chi connectivity index (χ3v) is 4.77. The lowest BCUT2D eigenvalue weighted by Crippen LogP contribution is -2.46. The van der Waals surface area contributed by atoms with Crippen LogP contribution in [0.3, 0.4) is 0 Å². The molecule has 0 spiro atoms.